The molecule has 1 fully saturated rings. The normalized spacial score (nSPS) is 15.0. The molecule has 0 aliphatic heterocycles. The van der Waals surface area contributed by atoms with E-state index in [4.69, 9.17) is 4.74 Å². The van der Waals surface area contributed by atoms with Crippen LogP contribution in [-0.4, -0.2) is 25.6 Å². The molecule has 0 heterocycles. The lowest BCUT2D eigenvalue weighted by Crippen LogP contribution is -2.33. The molecule has 1 saturated carbocycles. The van der Waals surface area contributed by atoms with Gasteiger partial charge in [-0.15, -0.1) is 0 Å². The summed E-state index contributed by atoms with van der Waals surface area (Å²) >= 11 is 0. The lowest BCUT2D eigenvalue weighted by molar-refractivity contribution is -0.125. The highest BCUT2D eigenvalue weighted by Crippen LogP contribution is 2.44. The minimum absolute atomic E-state index is 0.0927. The average Bonchev–Trinajstić information content (AvgIpc) is 3.45. The Morgan fingerprint density at radius 3 is 2.43 bits per heavy atom. The summed E-state index contributed by atoms with van der Waals surface area (Å²) in [5.41, 5.74) is 2.19. The third-order valence-electron chi connectivity index (χ3n) is 4.76. The summed E-state index contributed by atoms with van der Waals surface area (Å²) in [4.78, 5) is 24.0. The van der Waals surface area contributed by atoms with Crippen molar-refractivity contribution in [2.45, 2.75) is 33.2 Å². The Kier molecular flexibility index (Phi) is 7.44. The van der Waals surface area contributed by atoms with Gasteiger partial charge in [0.15, 0.2) is 0 Å². The van der Waals surface area contributed by atoms with Crippen molar-refractivity contribution in [3.63, 3.8) is 0 Å². The van der Waals surface area contributed by atoms with E-state index in [0.717, 1.165) is 29.7 Å². The smallest absolute Gasteiger partial charge is 0.319 e. The predicted octanol–water partition coefficient (Wildman–Crippen LogP) is 3.43. The van der Waals surface area contributed by atoms with E-state index in [1.807, 2.05) is 50.3 Å². The van der Waals surface area contributed by atoms with E-state index in [0.29, 0.717) is 18.8 Å². The fourth-order valence-corrected chi connectivity index (χ4v) is 2.43. The second-order valence-electron chi connectivity index (χ2n) is 7.12. The first kappa shape index (κ1) is 21.3. The van der Waals surface area contributed by atoms with Gasteiger partial charge in [-0.2, -0.15) is 0 Å². The summed E-state index contributed by atoms with van der Waals surface area (Å²) in [6, 6.07) is 7.14. The molecule has 3 N–H and O–H groups in total. The standard InChI is InChI=1S/C22H29N3O3/c1-5-17(14-23-20(26)22(3)12-13-22)7-6-16(2)25-21(27)24-15-18-8-10-19(28-4)11-9-18/h5-11H,2,12-15H2,1,3-4H3,(H,23,26)(H2,24,25,27)/b7-6-,17-5+. The minimum Gasteiger partial charge on any atom is -0.497 e. The molecule has 0 aromatic heterocycles. The molecule has 0 bridgehead atoms. The van der Waals surface area contributed by atoms with Crippen LogP contribution in [0.15, 0.2) is 60.3 Å². The van der Waals surface area contributed by atoms with Crippen LogP contribution < -0.4 is 20.7 Å². The number of hydrogen-bond acceptors (Lipinski definition) is 3. The first-order chi connectivity index (χ1) is 13.4. The molecule has 3 amide bonds. The van der Waals surface area contributed by atoms with Crippen LogP contribution in [-0.2, 0) is 11.3 Å². The quantitative estimate of drug-likeness (QED) is 0.572. The fraction of sp³-hybridized carbons (Fsp3) is 0.364. The number of ether oxygens (including phenoxy) is 1. The van der Waals surface area contributed by atoms with E-state index in [1.165, 1.54) is 0 Å². The average molecular weight is 383 g/mol. The maximum atomic E-state index is 12.0. The van der Waals surface area contributed by atoms with Gasteiger partial charge in [-0.3, -0.25) is 4.79 Å². The number of allylic oxidation sites excluding steroid dienone is 2. The van der Waals surface area contributed by atoms with Crippen LogP contribution in [0.2, 0.25) is 0 Å². The first-order valence-corrected chi connectivity index (χ1v) is 9.34. The molecule has 1 aliphatic rings. The summed E-state index contributed by atoms with van der Waals surface area (Å²) in [6.45, 7) is 8.57. The van der Waals surface area contributed by atoms with Crippen LogP contribution in [0.5, 0.6) is 5.75 Å². The fourth-order valence-electron chi connectivity index (χ4n) is 2.43. The third-order valence-corrected chi connectivity index (χ3v) is 4.76. The van der Waals surface area contributed by atoms with Gasteiger partial charge in [0.25, 0.3) is 0 Å². The maximum absolute atomic E-state index is 12.0. The molecular formula is C22H29N3O3. The van der Waals surface area contributed by atoms with E-state index in [-0.39, 0.29) is 17.4 Å². The number of hydrogen-bond donors (Lipinski definition) is 3. The van der Waals surface area contributed by atoms with E-state index >= 15 is 0 Å². The molecule has 1 aromatic carbocycles. The summed E-state index contributed by atoms with van der Waals surface area (Å²) in [6.07, 6.45) is 7.37. The zero-order chi connectivity index (χ0) is 20.6. The van der Waals surface area contributed by atoms with E-state index in [2.05, 4.69) is 22.5 Å². The second-order valence-corrected chi connectivity index (χ2v) is 7.12. The van der Waals surface area contributed by atoms with Crippen molar-refractivity contribution in [3.05, 3.63) is 65.9 Å². The molecule has 0 atom stereocenters. The highest BCUT2D eigenvalue weighted by Gasteiger charge is 2.44. The summed E-state index contributed by atoms with van der Waals surface area (Å²) in [5, 5.41) is 8.41. The molecule has 6 nitrogen and oxygen atoms in total. The van der Waals surface area contributed by atoms with Crippen LogP contribution in [0.1, 0.15) is 32.3 Å². The number of amides is 3. The van der Waals surface area contributed by atoms with Gasteiger partial charge in [-0.05, 0) is 49.1 Å². The van der Waals surface area contributed by atoms with Crippen molar-refractivity contribution in [2.75, 3.05) is 13.7 Å². The molecule has 0 saturated heterocycles. The largest absolute Gasteiger partial charge is 0.497 e. The van der Waals surface area contributed by atoms with Crippen molar-refractivity contribution < 1.29 is 14.3 Å². The molecule has 150 valence electrons. The van der Waals surface area contributed by atoms with Crippen molar-refractivity contribution in [1.82, 2.24) is 16.0 Å². The Morgan fingerprint density at radius 1 is 1.18 bits per heavy atom. The molecule has 1 aliphatic carbocycles. The van der Waals surface area contributed by atoms with Crippen LogP contribution >= 0.6 is 0 Å². The monoisotopic (exact) mass is 383 g/mol. The Morgan fingerprint density at radius 2 is 1.86 bits per heavy atom. The van der Waals surface area contributed by atoms with Crippen LogP contribution in [0, 0.1) is 5.41 Å². The van der Waals surface area contributed by atoms with Gasteiger partial charge >= 0.3 is 6.03 Å². The second kappa shape index (κ2) is 9.78. The number of carbonyl (C=O) groups excluding carboxylic acids is 2. The molecule has 0 spiro atoms. The third kappa shape index (κ3) is 6.61. The highest BCUT2D eigenvalue weighted by atomic mass is 16.5. The van der Waals surface area contributed by atoms with E-state index < -0.39 is 0 Å². The Bertz CT molecular complexity index is 775. The predicted molar refractivity (Wildman–Crippen MR) is 111 cm³/mol. The van der Waals surface area contributed by atoms with Gasteiger partial charge in [0.2, 0.25) is 5.91 Å². The van der Waals surface area contributed by atoms with E-state index in [1.54, 1.807) is 13.2 Å². The van der Waals surface area contributed by atoms with Crippen LogP contribution in [0.25, 0.3) is 0 Å². The molecule has 2 rings (SSSR count). The molecular weight excluding hydrogens is 354 g/mol. The van der Waals surface area contributed by atoms with E-state index in [9.17, 15) is 9.59 Å². The van der Waals surface area contributed by atoms with Gasteiger partial charge in [-0.25, -0.2) is 4.79 Å². The van der Waals surface area contributed by atoms with Gasteiger partial charge in [0.05, 0.1) is 7.11 Å². The number of carbonyl (C=O) groups is 2. The van der Waals surface area contributed by atoms with Crippen molar-refractivity contribution >= 4 is 11.9 Å². The Hall–Kier alpha value is -3.02. The van der Waals surface area contributed by atoms with Gasteiger partial charge in [0.1, 0.15) is 5.75 Å². The number of methoxy groups -OCH3 is 1. The lowest BCUT2D eigenvalue weighted by Gasteiger charge is -2.11. The first-order valence-electron chi connectivity index (χ1n) is 9.34. The van der Waals surface area contributed by atoms with Crippen molar-refractivity contribution in [2.24, 2.45) is 5.41 Å². The zero-order valence-electron chi connectivity index (χ0n) is 16.8. The molecule has 1 aromatic rings. The van der Waals surface area contributed by atoms with Crippen molar-refractivity contribution in [3.8, 4) is 5.75 Å². The molecule has 0 unspecified atom stereocenters. The number of benzene rings is 1. The van der Waals surface area contributed by atoms with Gasteiger partial charge in [0, 0.05) is 24.2 Å². The molecule has 6 heteroatoms. The molecule has 0 radical (unpaired) electrons. The Balaban J connectivity index is 1.72. The van der Waals surface area contributed by atoms with Gasteiger partial charge in [-0.1, -0.05) is 37.8 Å². The Labute approximate surface area is 166 Å². The zero-order valence-corrected chi connectivity index (χ0v) is 16.8. The minimum atomic E-state index is -0.331. The summed E-state index contributed by atoms with van der Waals surface area (Å²) < 4.78 is 5.11. The number of rotatable bonds is 9. The number of nitrogens with one attached hydrogen (secondary N) is 3. The van der Waals surface area contributed by atoms with Crippen LogP contribution in [0.3, 0.4) is 0 Å². The summed E-state index contributed by atoms with van der Waals surface area (Å²) in [7, 11) is 1.61. The molecule has 28 heavy (non-hydrogen) atoms. The van der Waals surface area contributed by atoms with Crippen LogP contribution in [0.4, 0.5) is 4.79 Å². The maximum Gasteiger partial charge on any atom is 0.319 e. The summed E-state index contributed by atoms with van der Waals surface area (Å²) in [5.74, 6) is 0.865. The topological polar surface area (TPSA) is 79.5 Å². The van der Waals surface area contributed by atoms with Crippen molar-refractivity contribution in [1.29, 1.82) is 0 Å². The number of urea groups is 1. The van der Waals surface area contributed by atoms with Gasteiger partial charge < -0.3 is 20.7 Å². The lowest BCUT2D eigenvalue weighted by atomic mass is 10.1. The highest BCUT2D eigenvalue weighted by molar-refractivity contribution is 5.85. The SMILES string of the molecule is C=C(/C=C\C(=C/C)CNC(=O)C1(C)CC1)NC(=O)NCc1ccc(OC)cc1.